The Morgan fingerprint density at radius 3 is 2.40 bits per heavy atom. The number of nitrogens with zero attached hydrogens (tertiary/aromatic N) is 5. The summed E-state index contributed by atoms with van der Waals surface area (Å²) < 4.78 is 18.9. The number of piperazine rings is 1. The largest absolute Gasteiger partial charge is 0.379 e. The van der Waals surface area contributed by atoms with E-state index in [4.69, 9.17) is 16.3 Å². The summed E-state index contributed by atoms with van der Waals surface area (Å²) in [6, 6.07) is 14.0. The molecule has 1 aliphatic heterocycles. The number of rotatable bonds is 10. The molecule has 35 heavy (non-hydrogen) atoms. The van der Waals surface area contributed by atoms with Crippen molar-refractivity contribution in [2.24, 2.45) is 0 Å². The van der Waals surface area contributed by atoms with Gasteiger partial charge in [-0.2, -0.15) is 15.0 Å². The van der Waals surface area contributed by atoms with E-state index in [1.165, 1.54) is 12.1 Å². The second kappa shape index (κ2) is 12.0. The fraction of sp³-hybridized carbons (Fsp3) is 0.400. The van der Waals surface area contributed by atoms with Crippen molar-refractivity contribution in [1.82, 2.24) is 15.0 Å². The molecule has 3 aromatic rings. The number of hydrogen-bond donors (Lipinski definition) is 2. The zero-order valence-corrected chi connectivity index (χ0v) is 20.8. The van der Waals surface area contributed by atoms with Gasteiger partial charge < -0.3 is 25.2 Å². The van der Waals surface area contributed by atoms with Crippen LogP contribution in [-0.2, 0) is 4.74 Å². The minimum atomic E-state index is -0.229. The first-order valence-corrected chi connectivity index (χ1v) is 12.2. The van der Waals surface area contributed by atoms with Crippen LogP contribution in [0.25, 0.3) is 0 Å². The highest BCUT2D eigenvalue weighted by Crippen LogP contribution is 2.23. The third-order valence-corrected chi connectivity index (χ3v) is 5.75. The molecule has 0 spiro atoms. The summed E-state index contributed by atoms with van der Waals surface area (Å²) in [5, 5.41) is 7.16. The number of benzene rings is 2. The Bertz CT molecular complexity index is 1090. The zero-order chi connectivity index (χ0) is 24.6. The molecular formula is C25H31ClFN7O. The third kappa shape index (κ3) is 7.40. The van der Waals surface area contributed by atoms with Crippen LogP contribution in [0.5, 0.6) is 0 Å². The second-order valence-corrected chi connectivity index (χ2v) is 9.00. The number of ether oxygens (including phenoxy) is 1. The van der Waals surface area contributed by atoms with Crippen LogP contribution < -0.4 is 20.4 Å². The van der Waals surface area contributed by atoms with Crippen LogP contribution in [-0.4, -0.2) is 60.4 Å². The normalized spacial score (nSPS) is 13.9. The highest BCUT2D eigenvalue weighted by Gasteiger charge is 2.21. The highest BCUT2D eigenvalue weighted by molar-refractivity contribution is 6.30. The van der Waals surface area contributed by atoms with Gasteiger partial charge >= 0.3 is 0 Å². The minimum Gasteiger partial charge on any atom is -0.379 e. The van der Waals surface area contributed by atoms with Crippen molar-refractivity contribution < 1.29 is 9.13 Å². The van der Waals surface area contributed by atoms with E-state index in [1.54, 1.807) is 0 Å². The molecule has 2 N–H and O–H groups in total. The molecule has 2 heterocycles. The van der Waals surface area contributed by atoms with Crippen molar-refractivity contribution in [2.45, 2.75) is 26.4 Å². The molecule has 0 atom stereocenters. The minimum absolute atomic E-state index is 0.209. The quantitative estimate of drug-likeness (QED) is 0.379. The molecule has 1 aliphatic rings. The van der Waals surface area contributed by atoms with Crippen molar-refractivity contribution in [2.75, 3.05) is 59.8 Å². The number of nitrogens with one attached hydrogen (secondary N) is 2. The topological polar surface area (TPSA) is 78.4 Å². The van der Waals surface area contributed by atoms with E-state index in [9.17, 15) is 4.39 Å². The molecule has 1 aromatic heterocycles. The SMILES string of the molecule is CC(C)OCCCNc1nc(Nc2cccc(Cl)c2)nc(N2CCN(c3ccc(F)cc3)CC2)n1. The summed E-state index contributed by atoms with van der Waals surface area (Å²) >= 11 is 6.14. The smallest absolute Gasteiger partial charge is 0.233 e. The van der Waals surface area contributed by atoms with Crippen LogP contribution in [0.1, 0.15) is 20.3 Å². The number of halogens is 2. The standard InChI is InChI=1S/C25H31ClFN7O/c1-18(2)35-16-4-11-28-23-30-24(29-21-6-3-5-19(26)17-21)32-25(31-23)34-14-12-33(13-15-34)22-9-7-20(27)8-10-22/h3,5-10,17-18H,4,11-16H2,1-2H3,(H2,28,29,30,31,32). The Kier molecular flexibility index (Phi) is 8.54. The summed E-state index contributed by atoms with van der Waals surface area (Å²) in [5.74, 6) is 1.32. The lowest BCUT2D eigenvalue weighted by Crippen LogP contribution is -2.47. The van der Waals surface area contributed by atoms with E-state index in [2.05, 4.69) is 35.4 Å². The molecule has 0 radical (unpaired) electrons. The lowest BCUT2D eigenvalue weighted by atomic mass is 10.2. The average Bonchev–Trinajstić information content (AvgIpc) is 2.84. The van der Waals surface area contributed by atoms with Gasteiger partial charge in [0.1, 0.15) is 5.82 Å². The number of anilines is 5. The maximum Gasteiger partial charge on any atom is 0.233 e. The second-order valence-electron chi connectivity index (χ2n) is 8.57. The van der Waals surface area contributed by atoms with Gasteiger partial charge in [0.2, 0.25) is 17.8 Å². The first kappa shape index (κ1) is 24.9. The maximum atomic E-state index is 13.3. The molecule has 0 bridgehead atoms. The first-order chi connectivity index (χ1) is 17.0. The van der Waals surface area contributed by atoms with Crippen molar-refractivity contribution in [3.05, 3.63) is 59.4 Å². The Labute approximate surface area is 210 Å². The summed E-state index contributed by atoms with van der Waals surface area (Å²) in [6.07, 6.45) is 1.05. The molecule has 8 nitrogen and oxygen atoms in total. The van der Waals surface area contributed by atoms with E-state index in [1.807, 2.05) is 50.2 Å². The fourth-order valence-corrected chi connectivity index (χ4v) is 3.93. The predicted molar refractivity (Wildman–Crippen MR) is 140 cm³/mol. The van der Waals surface area contributed by atoms with Crippen molar-refractivity contribution >= 4 is 40.8 Å². The molecule has 2 aromatic carbocycles. The van der Waals surface area contributed by atoms with Crippen LogP contribution in [0.15, 0.2) is 48.5 Å². The van der Waals surface area contributed by atoms with E-state index in [0.29, 0.717) is 36.0 Å². The van der Waals surface area contributed by atoms with Gasteiger partial charge in [0, 0.05) is 55.7 Å². The molecule has 1 fully saturated rings. The van der Waals surface area contributed by atoms with Gasteiger partial charge in [-0.15, -0.1) is 0 Å². The van der Waals surface area contributed by atoms with Crippen molar-refractivity contribution in [3.63, 3.8) is 0 Å². The lowest BCUT2D eigenvalue weighted by Gasteiger charge is -2.36. The van der Waals surface area contributed by atoms with Crippen LogP contribution in [0, 0.1) is 5.82 Å². The van der Waals surface area contributed by atoms with Gasteiger partial charge in [-0.3, -0.25) is 0 Å². The monoisotopic (exact) mass is 499 g/mol. The molecule has 186 valence electrons. The van der Waals surface area contributed by atoms with Gasteiger partial charge in [-0.05, 0) is 62.7 Å². The molecule has 10 heteroatoms. The van der Waals surface area contributed by atoms with E-state index in [-0.39, 0.29) is 11.9 Å². The molecule has 0 unspecified atom stereocenters. The Morgan fingerprint density at radius 1 is 0.971 bits per heavy atom. The maximum absolute atomic E-state index is 13.3. The van der Waals surface area contributed by atoms with E-state index < -0.39 is 0 Å². The third-order valence-electron chi connectivity index (χ3n) is 5.51. The van der Waals surface area contributed by atoms with Gasteiger partial charge in [-0.1, -0.05) is 17.7 Å². The predicted octanol–water partition coefficient (Wildman–Crippen LogP) is 4.96. The van der Waals surface area contributed by atoms with Gasteiger partial charge in [0.05, 0.1) is 6.10 Å². The van der Waals surface area contributed by atoms with Crippen LogP contribution in [0.2, 0.25) is 5.02 Å². The summed E-state index contributed by atoms with van der Waals surface area (Å²) in [7, 11) is 0. The van der Waals surface area contributed by atoms with Gasteiger partial charge in [-0.25, -0.2) is 4.39 Å². The fourth-order valence-electron chi connectivity index (χ4n) is 3.74. The highest BCUT2D eigenvalue weighted by atomic mass is 35.5. The lowest BCUT2D eigenvalue weighted by molar-refractivity contribution is 0.0787. The first-order valence-electron chi connectivity index (χ1n) is 11.9. The molecule has 0 aliphatic carbocycles. The van der Waals surface area contributed by atoms with Crippen LogP contribution >= 0.6 is 11.6 Å². The molecule has 0 saturated carbocycles. The van der Waals surface area contributed by atoms with E-state index >= 15 is 0 Å². The zero-order valence-electron chi connectivity index (χ0n) is 20.0. The van der Waals surface area contributed by atoms with Crippen LogP contribution in [0.4, 0.5) is 33.6 Å². The Balaban J connectivity index is 1.46. The Morgan fingerprint density at radius 2 is 1.69 bits per heavy atom. The molecule has 0 amide bonds. The number of aromatic nitrogens is 3. The summed E-state index contributed by atoms with van der Waals surface area (Å²) in [6.45, 7) is 8.43. The van der Waals surface area contributed by atoms with Gasteiger partial charge in [0.15, 0.2) is 0 Å². The number of hydrogen-bond acceptors (Lipinski definition) is 8. The van der Waals surface area contributed by atoms with Crippen molar-refractivity contribution in [1.29, 1.82) is 0 Å². The Hall–Kier alpha value is -3.17. The van der Waals surface area contributed by atoms with Crippen molar-refractivity contribution in [3.8, 4) is 0 Å². The average molecular weight is 500 g/mol. The summed E-state index contributed by atoms with van der Waals surface area (Å²) in [4.78, 5) is 18.3. The molecule has 1 saturated heterocycles. The molecule has 4 rings (SSSR count). The van der Waals surface area contributed by atoms with E-state index in [0.717, 1.165) is 44.0 Å². The van der Waals surface area contributed by atoms with Gasteiger partial charge in [0.25, 0.3) is 0 Å². The molecular weight excluding hydrogens is 469 g/mol. The van der Waals surface area contributed by atoms with Crippen LogP contribution in [0.3, 0.4) is 0 Å². The summed E-state index contributed by atoms with van der Waals surface area (Å²) in [5.41, 5.74) is 1.81.